The summed E-state index contributed by atoms with van der Waals surface area (Å²) in [6, 6.07) is 13.9. The zero-order valence-electron chi connectivity index (χ0n) is 16.8. The Morgan fingerprint density at radius 2 is 1.69 bits per heavy atom. The molecule has 29 heavy (non-hydrogen) atoms. The monoisotopic (exact) mass is 415 g/mol. The summed E-state index contributed by atoms with van der Waals surface area (Å²) in [4.78, 5) is 28.2. The van der Waals surface area contributed by atoms with Crippen LogP contribution in [0.1, 0.15) is 22.3 Å². The maximum absolute atomic E-state index is 13.0. The Balaban J connectivity index is 1.86. The highest BCUT2D eigenvalue weighted by atomic mass is 32.2. The third-order valence-electron chi connectivity index (χ3n) is 4.90. The Morgan fingerprint density at radius 1 is 1.03 bits per heavy atom. The Hall–Kier alpha value is -2.87. The zero-order chi connectivity index (χ0) is 21.2. The van der Waals surface area contributed by atoms with Crippen molar-refractivity contribution in [2.45, 2.75) is 12.8 Å². The van der Waals surface area contributed by atoms with E-state index in [2.05, 4.69) is 0 Å². The molecule has 0 aliphatic carbocycles. The average molecular weight is 416 g/mol. The molecule has 0 aromatic heterocycles. The molecule has 0 saturated carbocycles. The molecule has 154 valence electrons. The molecule has 8 heteroatoms. The highest BCUT2D eigenvalue weighted by molar-refractivity contribution is 7.92. The number of aryl methyl sites for hydroxylation is 1. The summed E-state index contributed by atoms with van der Waals surface area (Å²) >= 11 is 0. The lowest BCUT2D eigenvalue weighted by Gasteiger charge is -2.31. The molecule has 0 bridgehead atoms. The van der Waals surface area contributed by atoms with E-state index in [1.165, 1.54) is 4.90 Å². The van der Waals surface area contributed by atoms with Crippen LogP contribution in [0.3, 0.4) is 0 Å². The largest absolute Gasteiger partial charge is 0.345 e. The Bertz CT molecular complexity index is 1020. The van der Waals surface area contributed by atoms with Gasteiger partial charge in [0.15, 0.2) is 0 Å². The van der Waals surface area contributed by atoms with Crippen molar-refractivity contribution in [2.75, 3.05) is 42.6 Å². The van der Waals surface area contributed by atoms with Crippen molar-refractivity contribution in [3.05, 3.63) is 59.7 Å². The third kappa shape index (κ3) is 4.59. The molecule has 3 rings (SSSR count). The first-order valence-electron chi connectivity index (χ1n) is 9.36. The summed E-state index contributed by atoms with van der Waals surface area (Å²) in [5.41, 5.74) is 2.72. The second kappa shape index (κ2) is 8.24. The molecule has 1 heterocycles. The molecule has 0 spiro atoms. The number of para-hydroxylation sites is 1. The molecule has 0 unspecified atom stereocenters. The molecule has 2 aromatic carbocycles. The van der Waals surface area contributed by atoms with Crippen molar-refractivity contribution in [3.63, 3.8) is 0 Å². The van der Waals surface area contributed by atoms with Gasteiger partial charge in [0.05, 0.1) is 11.9 Å². The molecule has 1 aliphatic rings. The number of benzene rings is 2. The normalized spacial score (nSPS) is 13.6. The Kier molecular flexibility index (Phi) is 5.93. The van der Waals surface area contributed by atoms with Crippen molar-refractivity contribution >= 4 is 33.2 Å². The van der Waals surface area contributed by atoms with E-state index in [1.807, 2.05) is 24.3 Å². The standard InChI is InChI=1S/C21H25N3O4S/c1-22(2)21(26)17-10-12-18(13-11-17)24(29(3,27)28)15-20(25)23-14-6-8-16-7-4-5-9-19(16)23/h4-5,7,9-13H,6,8,14-15H2,1-3H3. The third-order valence-corrected chi connectivity index (χ3v) is 6.04. The van der Waals surface area contributed by atoms with Crippen LogP contribution < -0.4 is 9.21 Å². The van der Waals surface area contributed by atoms with Gasteiger partial charge >= 0.3 is 0 Å². The number of hydrogen-bond acceptors (Lipinski definition) is 4. The first-order chi connectivity index (χ1) is 13.7. The maximum atomic E-state index is 13.0. The zero-order valence-corrected chi connectivity index (χ0v) is 17.6. The molecular weight excluding hydrogens is 390 g/mol. The van der Waals surface area contributed by atoms with E-state index in [-0.39, 0.29) is 18.4 Å². The lowest BCUT2D eigenvalue weighted by Crippen LogP contribution is -2.44. The molecule has 7 nitrogen and oxygen atoms in total. The van der Waals surface area contributed by atoms with Crippen molar-refractivity contribution < 1.29 is 18.0 Å². The van der Waals surface area contributed by atoms with Crippen molar-refractivity contribution in [2.24, 2.45) is 0 Å². The van der Waals surface area contributed by atoms with Gasteiger partial charge in [-0.2, -0.15) is 0 Å². The van der Waals surface area contributed by atoms with E-state index in [0.717, 1.165) is 34.7 Å². The number of nitrogens with zero attached hydrogens (tertiary/aromatic N) is 3. The van der Waals surface area contributed by atoms with Crippen LogP contribution in [-0.4, -0.2) is 58.6 Å². The molecule has 0 N–H and O–H groups in total. The van der Waals surface area contributed by atoms with Gasteiger partial charge < -0.3 is 9.80 Å². The minimum atomic E-state index is -3.69. The van der Waals surface area contributed by atoms with Gasteiger partial charge in [0.1, 0.15) is 6.54 Å². The van der Waals surface area contributed by atoms with E-state index < -0.39 is 10.0 Å². The summed E-state index contributed by atoms with van der Waals surface area (Å²) < 4.78 is 25.9. The van der Waals surface area contributed by atoms with Gasteiger partial charge in [-0.1, -0.05) is 18.2 Å². The second-order valence-corrected chi connectivity index (χ2v) is 9.20. The van der Waals surface area contributed by atoms with Gasteiger partial charge in [-0.05, 0) is 48.7 Å². The van der Waals surface area contributed by atoms with Crippen LogP contribution in [0.4, 0.5) is 11.4 Å². The highest BCUT2D eigenvalue weighted by Gasteiger charge is 2.27. The highest BCUT2D eigenvalue weighted by Crippen LogP contribution is 2.27. The van der Waals surface area contributed by atoms with E-state index in [0.29, 0.717) is 17.8 Å². The summed E-state index contributed by atoms with van der Waals surface area (Å²) in [5.74, 6) is -0.459. The number of hydrogen-bond donors (Lipinski definition) is 0. The maximum Gasteiger partial charge on any atom is 0.253 e. The smallest absolute Gasteiger partial charge is 0.253 e. The average Bonchev–Trinajstić information content (AvgIpc) is 2.70. The summed E-state index contributed by atoms with van der Waals surface area (Å²) in [6.45, 7) is 0.262. The lowest BCUT2D eigenvalue weighted by molar-refractivity contribution is -0.117. The van der Waals surface area contributed by atoms with E-state index >= 15 is 0 Å². The second-order valence-electron chi connectivity index (χ2n) is 7.29. The molecule has 2 aromatic rings. The molecule has 0 saturated heterocycles. The van der Waals surface area contributed by atoms with Crippen LogP contribution in [0.25, 0.3) is 0 Å². The minimum Gasteiger partial charge on any atom is -0.345 e. The Morgan fingerprint density at radius 3 is 2.31 bits per heavy atom. The van der Waals surface area contributed by atoms with Crippen LogP contribution in [0, 0.1) is 0 Å². The molecule has 2 amide bonds. The van der Waals surface area contributed by atoms with Crippen molar-refractivity contribution in [1.82, 2.24) is 4.90 Å². The molecule has 0 radical (unpaired) electrons. The van der Waals surface area contributed by atoms with Crippen molar-refractivity contribution in [3.8, 4) is 0 Å². The van der Waals surface area contributed by atoms with Gasteiger partial charge in [-0.25, -0.2) is 8.42 Å². The Labute approximate surface area is 171 Å². The van der Waals surface area contributed by atoms with Crippen LogP contribution in [0.15, 0.2) is 48.5 Å². The molecular formula is C21H25N3O4S. The van der Waals surface area contributed by atoms with E-state index in [9.17, 15) is 18.0 Å². The quantitative estimate of drug-likeness (QED) is 0.750. The van der Waals surface area contributed by atoms with Gasteiger partial charge in [0.2, 0.25) is 15.9 Å². The van der Waals surface area contributed by atoms with E-state index in [4.69, 9.17) is 0 Å². The number of carbonyl (C=O) groups is 2. The topological polar surface area (TPSA) is 78.0 Å². The predicted octanol–water partition coefficient (Wildman–Crippen LogP) is 2.13. The van der Waals surface area contributed by atoms with Crippen LogP contribution in [0.5, 0.6) is 0 Å². The number of fused-ring (bicyclic) bond motifs is 1. The van der Waals surface area contributed by atoms with Crippen molar-refractivity contribution in [1.29, 1.82) is 0 Å². The van der Waals surface area contributed by atoms with Gasteiger partial charge in [0, 0.05) is 31.9 Å². The minimum absolute atomic E-state index is 0.177. The number of anilines is 2. The molecule has 0 atom stereocenters. The fourth-order valence-electron chi connectivity index (χ4n) is 3.43. The first kappa shape index (κ1) is 20.9. The number of carbonyl (C=O) groups excluding carboxylic acids is 2. The van der Waals surface area contributed by atoms with Crippen LogP contribution >= 0.6 is 0 Å². The predicted molar refractivity (Wildman–Crippen MR) is 114 cm³/mol. The summed E-state index contributed by atoms with van der Waals surface area (Å²) in [5, 5.41) is 0. The van der Waals surface area contributed by atoms with E-state index in [1.54, 1.807) is 43.3 Å². The lowest BCUT2D eigenvalue weighted by atomic mass is 10.0. The van der Waals surface area contributed by atoms with Gasteiger partial charge in [0.25, 0.3) is 5.91 Å². The van der Waals surface area contributed by atoms with Gasteiger partial charge in [-0.3, -0.25) is 13.9 Å². The SMILES string of the molecule is CN(C)C(=O)c1ccc(N(CC(=O)N2CCCc3ccccc32)S(C)(=O)=O)cc1. The fourth-order valence-corrected chi connectivity index (χ4v) is 4.28. The number of amides is 2. The number of rotatable bonds is 5. The van der Waals surface area contributed by atoms with Gasteiger partial charge in [-0.15, -0.1) is 0 Å². The number of sulfonamides is 1. The van der Waals surface area contributed by atoms with Crippen LogP contribution in [0.2, 0.25) is 0 Å². The summed E-state index contributed by atoms with van der Waals surface area (Å²) in [6.07, 6.45) is 2.81. The summed E-state index contributed by atoms with van der Waals surface area (Å²) in [7, 11) is -0.394. The molecule has 0 fully saturated rings. The first-order valence-corrected chi connectivity index (χ1v) is 11.2. The fraction of sp³-hybridized carbons (Fsp3) is 0.333. The van der Waals surface area contributed by atoms with Crippen LogP contribution in [-0.2, 0) is 21.2 Å². The molecule has 1 aliphatic heterocycles.